The maximum absolute atomic E-state index is 5.15. The third-order valence-corrected chi connectivity index (χ3v) is 2.19. The summed E-state index contributed by atoms with van der Waals surface area (Å²) < 4.78 is 5.15. The van der Waals surface area contributed by atoms with E-state index in [4.69, 9.17) is 4.74 Å². The fourth-order valence-electron chi connectivity index (χ4n) is 1.30. The van der Waals surface area contributed by atoms with Crippen LogP contribution in [0.3, 0.4) is 0 Å². The molecule has 0 fully saturated rings. The average molecular weight is 218 g/mol. The summed E-state index contributed by atoms with van der Waals surface area (Å²) in [7, 11) is 1.66. The van der Waals surface area contributed by atoms with Gasteiger partial charge in [-0.1, -0.05) is 18.7 Å². The van der Waals surface area contributed by atoms with Gasteiger partial charge in [-0.2, -0.15) is 0 Å². The van der Waals surface area contributed by atoms with Crippen molar-refractivity contribution >= 4 is 5.69 Å². The van der Waals surface area contributed by atoms with Crippen molar-refractivity contribution in [3.8, 4) is 5.75 Å². The van der Waals surface area contributed by atoms with Crippen molar-refractivity contribution in [2.75, 3.05) is 19.0 Å². The van der Waals surface area contributed by atoms with Crippen LogP contribution in [0.15, 0.2) is 48.8 Å². The predicted molar refractivity (Wildman–Crippen MR) is 68.6 cm³/mol. The fourth-order valence-corrected chi connectivity index (χ4v) is 1.30. The molecule has 0 aromatic heterocycles. The molecule has 0 heterocycles. The van der Waals surface area contributed by atoms with E-state index in [2.05, 4.69) is 17.2 Å². The summed E-state index contributed by atoms with van der Waals surface area (Å²) in [6.07, 6.45) is 3.68. The maximum Gasteiger partial charge on any atom is 0.120 e. The molecule has 1 rings (SSSR count). The van der Waals surface area contributed by atoms with Gasteiger partial charge in [0.1, 0.15) is 5.75 Å². The number of methoxy groups -OCH3 is 1. The Balaban J connectivity index is 2.56. The van der Waals surface area contributed by atoms with E-state index < -0.39 is 0 Å². The zero-order valence-electron chi connectivity index (χ0n) is 9.79. The highest BCUT2D eigenvalue weighted by atomic mass is 16.5. The lowest BCUT2D eigenvalue weighted by molar-refractivity contribution is 0.415. The lowest BCUT2D eigenvalue weighted by Crippen LogP contribution is -2.14. The number of allylic oxidation sites excluding steroid dienone is 1. The van der Waals surface area contributed by atoms with E-state index in [0.717, 1.165) is 23.7 Å². The molecule has 0 spiro atoms. The van der Waals surface area contributed by atoms with Crippen LogP contribution in [-0.4, -0.2) is 13.7 Å². The van der Waals surface area contributed by atoms with Gasteiger partial charge in [0.2, 0.25) is 0 Å². The van der Waals surface area contributed by atoms with Crippen molar-refractivity contribution in [1.29, 1.82) is 0 Å². The predicted octanol–water partition coefficient (Wildman–Crippen LogP) is 2.74. The SMILES string of the molecule is C=CN/C(=C\C)CNc1cccc(OC)c1. The van der Waals surface area contributed by atoms with Gasteiger partial charge in [0.25, 0.3) is 0 Å². The van der Waals surface area contributed by atoms with Gasteiger partial charge in [-0.25, -0.2) is 0 Å². The van der Waals surface area contributed by atoms with Crippen LogP contribution in [0.4, 0.5) is 5.69 Å². The lowest BCUT2D eigenvalue weighted by atomic mass is 10.3. The molecule has 0 unspecified atom stereocenters. The zero-order chi connectivity index (χ0) is 11.8. The molecule has 0 radical (unpaired) electrons. The van der Waals surface area contributed by atoms with Gasteiger partial charge in [0.15, 0.2) is 0 Å². The van der Waals surface area contributed by atoms with Gasteiger partial charge in [-0.3, -0.25) is 0 Å². The van der Waals surface area contributed by atoms with E-state index in [0.29, 0.717) is 0 Å². The first kappa shape index (κ1) is 12.2. The molecule has 0 saturated carbocycles. The number of ether oxygens (including phenoxy) is 1. The van der Waals surface area contributed by atoms with Gasteiger partial charge in [0, 0.05) is 17.5 Å². The second kappa shape index (κ2) is 6.56. The van der Waals surface area contributed by atoms with Gasteiger partial charge < -0.3 is 15.4 Å². The Kier molecular flexibility index (Phi) is 4.99. The zero-order valence-corrected chi connectivity index (χ0v) is 9.79. The molecular weight excluding hydrogens is 200 g/mol. The van der Waals surface area contributed by atoms with Crippen LogP contribution < -0.4 is 15.4 Å². The summed E-state index contributed by atoms with van der Waals surface area (Å²) in [4.78, 5) is 0. The molecule has 1 aromatic carbocycles. The van der Waals surface area contributed by atoms with Crippen LogP contribution in [0, 0.1) is 0 Å². The third kappa shape index (κ3) is 3.69. The number of hydrogen-bond donors (Lipinski definition) is 2. The third-order valence-electron chi connectivity index (χ3n) is 2.19. The van der Waals surface area contributed by atoms with Crippen LogP contribution in [-0.2, 0) is 0 Å². The van der Waals surface area contributed by atoms with Crippen molar-refractivity contribution in [3.05, 3.63) is 48.8 Å². The van der Waals surface area contributed by atoms with Crippen molar-refractivity contribution in [1.82, 2.24) is 5.32 Å². The van der Waals surface area contributed by atoms with Crippen LogP contribution in [0.1, 0.15) is 6.92 Å². The smallest absolute Gasteiger partial charge is 0.120 e. The van der Waals surface area contributed by atoms with E-state index >= 15 is 0 Å². The number of rotatable bonds is 6. The van der Waals surface area contributed by atoms with Gasteiger partial charge in [0.05, 0.1) is 13.7 Å². The second-order valence-corrected chi connectivity index (χ2v) is 3.25. The highest BCUT2D eigenvalue weighted by molar-refractivity contribution is 5.48. The molecule has 3 heteroatoms. The summed E-state index contributed by atoms with van der Waals surface area (Å²) in [6.45, 7) is 6.35. The number of benzene rings is 1. The van der Waals surface area contributed by atoms with Crippen LogP contribution in [0.5, 0.6) is 5.75 Å². The molecule has 0 aliphatic heterocycles. The summed E-state index contributed by atoms with van der Waals surface area (Å²) in [5.74, 6) is 0.851. The molecule has 0 saturated heterocycles. The Morgan fingerprint density at radius 1 is 1.50 bits per heavy atom. The molecule has 0 bridgehead atoms. The quantitative estimate of drug-likeness (QED) is 0.770. The molecule has 3 nitrogen and oxygen atoms in total. The summed E-state index contributed by atoms with van der Waals surface area (Å²) >= 11 is 0. The number of anilines is 1. The molecule has 1 aromatic rings. The van der Waals surface area contributed by atoms with Crippen molar-refractivity contribution < 1.29 is 4.74 Å². The van der Waals surface area contributed by atoms with Gasteiger partial charge in [-0.05, 0) is 25.3 Å². The van der Waals surface area contributed by atoms with Crippen LogP contribution >= 0.6 is 0 Å². The van der Waals surface area contributed by atoms with Crippen molar-refractivity contribution in [3.63, 3.8) is 0 Å². The molecule has 0 atom stereocenters. The summed E-state index contributed by atoms with van der Waals surface area (Å²) in [5, 5.41) is 6.36. The van der Waals surface area contributed by atoms with Crippen molar-refractivity contribution in [2.45, 2.75) is 6.92 Å². The van der Waals surface area contributed by atoms with Crippen molar-refractivity contribution in [2.24, 2.45) is 0 Å². The highest BCUT2D eigenvalue weighted by Crippen LogP contribution is 2.16. The normalized spacial score (nSPS) is 10.8. The molecular formula is C13H18N2O. The monoisotopic (exact) mass is 218 g/mol. The minimum Gasteiger partial charge on any atom is -0.497 e. The Bertz CT molecular complexity index is 372. The Labute approximate surface area is 96.8 Å². The average Bonchev–Trinajstić information content (AvgIpc) is 2.34. The molecule has 0 aliphatic carbocycles. The fraction of sp³-hybridized carbons (Fsp3) is 0.231. The standard InChI is InChI=1S/C13H18N2O/c1-4-11(14-5-2)10-15-12-7-6-8-13(9-12)16-3/h4-9,14-15H,2,10H2,1,3H3/b11-4-. The largest absolute Gasteiger partial charge is 0.497 e. The maximum atomic E-state index is 5.15. The van der Waals surface area contributed by atoms with E-state index in [-0.39, 0.29) is 0 Å². The lowest BCUT2D eigenvalue weighted by Gasteiger charge is -2.10. The molecule has 0 aliphatic rings. The first-order chi connectivity index (χ1) is 7.80. The Hall–Kier alpha value is -1.90. The summed E-state index contributed by atoms with van der Waals surface area (Å²) in [6, 6.07) is 7.84. The minimum atomic E-state index is 0.732. The van der Waals surface area contributed by atoms with Gasteiger partial charge in [-0.15, -0.1) is 0 Å². The first-order valence-electron chi connectivity index (χ1n) is 5.20. The molecule has 2 N–H and O–H groups in total. The minimum absolute atomic E-state index is 0.732. The number of hydrogen-bond acceptors (Lipinski definition) is 3. The van der Waals surface area contributed by atoms with Gasteiger partial charge >= 0.3 is 0 Å². The summed E-state index contributed by atoms with van der Waals surface area (Å²) in [5.41, 5.74) is 2.11. The van der Waals surface area contributed by atoms with E-state index in [1.807, 2.05) is 37.3 Å². The van der Waals surface area contributed by atoms with E-state index in [1.165, 1.54) is 0 Å². The van der Waals surface area contributed by atoms with E-state index in [9.17, 15) is 0 Å². The molecule has 0 amide bonds. The Morgan fingerprint density at radius 2 is 2.31 bits per heavy atom. The van der Waals surface area contributed by atoms with Crippen LogP contribution in [0.2, 0.25) is 0 Å². The highest BCUT2D eigenvalue weighted by Gasteiger charge is 1.96. The second-order valence-electron chi connectivity index (χ2n) is 3.25. The first-order valence-corrected chi connectivity index (χ1v) is 5.20. The Morgan fingerprint density at radius 3 is 2.94 bits per heavy atom. The number of nitrogens with one attached hydrogen (secondary N) is 2. The molecule has 16 heavy (non-hydrogen) atoms. The van der Waals surface area contributed by atoms with Crippen LogP contribution in [0.25, 0.3) is 0 Å². The van der Waals surface area contributed by atoms with E-state index in [1.54, 1.807) is 13.3 Å². The molecule has 86 valence electrons. The topological polar surface area (TPSA) is 33.3 Å².